The van der Waals surface area contributed by atoms with Crippen LogP contribution in [0.1, 0.15) is 23.7 Å². The van der Waals surface area contributed by atoms with Crippen molar-refractivity contribution in [2.75, 3.05) is 13.1 Å². The van der Waals surface area contributed by atoms with E-state index in [2.05, 4.69) is 10.3 Å². The molecule has 0 spiro atoms. The predicted molar refractivity (Wildman–Crippen MR) is 79.6 cm³/mol. The third kappa shape index (κ3) is 3.17. The Kier molecular flexibility index (Phi) is 4.52. The van der Waals surface area contributed by atoms with Crippen LogP contribution in [0.25, 0.3) is 0 Å². The summed E-state index contributed by atoms with van der Waals surface area (Å²) in [6.45, 7) is 2.71. The van der Waals surface area contributed by atoms with E-state index in [-0.39, 0.29) is 5.92 Å². The van der Waals surface area contributed by atoms with Crippen LogP contribution >= 0.6 is 0 Å². The molecular weight excluding hydrogens is 305 g/mol. The number of benzene rings is 1. The molecule has 1 aromatic heterocycles. The van der Waals surface area contributed by atoms with Crippen molar-refractivity contribution in [1.29, 1.82) is 0 Å². The highest BCUT2D eigenvalue weighted by molar-refractivity contribution is 5.27. The van der Waals surface area contributed by atoms with E-state index >= 15 is 0 Å². The smallest absolute Gasteiger partial charge is 0.254 e. The highest BCUT2D eigenvalue weighted by Gasteiger charge is 2.30. The number of hydrogen-bond donors (Lipinski definition) is 1. The van der Waals surface area contributed by atoms with E-state index in [9.17, 15) is 13.2 Å². The molecule has 1 aliphatic heterocycles. The molecule has 0 amide bonds. The van der Waals surface area contributed by atoms with Gasteiger partial charge in [0.2, 0.25) is 0 Å². The maximum atomic E-state index is 14.2. The summed E-state index contributed by atoms with van der Waals surface area (Å²) < 4.78 is 46.8. The van der Waals surface area contributed by atoms with E-state index in [1.807, 2.05) is 30.3 Å². The van der Waals surface area contributed by atoms with E-state index in [4.69, 9.17) is 4.74 Å². The largest absolute Gasteiger partial charge is 0.467 e. The fraction of sp³-hybridized carbons (Fsp3) is 0.353. The molecule has 1 saturated heterocycles. The topological polar surface area (TPSA) is 34.1 Å². The van der Waals surface area contributed by atoms with Gasteiger partial charge in [0.1, 0.15) is 6.10 Å². The molecule has 1 aromatic carbocycles. The summed E-state index contributed by atoms with van der Waals surface area (Å²) >= 11 is 0. The molecule has 2 heterocycles. The standard InChI is InChI=1S/C17H17F3N2O/c1-10-13(18)16(20)22-17(14(10)19)23-15(12-7-8-21-9-12)11-5-3-2-4-6-11/h2-6,12,15,21H,7-9H2,1H3/t12-,15?/m0/s1. The van der Waals surface area contributed by atoms with Gasteiger partial charge in [-0.15, -0.1) is 0 Å². The minimum atomic E-state index is -1.35. The molecule has 2 aromatic rings. The molecule has 0 bridgehead atoms. The van der Waals surface area contributed by atoms with Gasteiger partial charge in [0.15, 0.2) is 11.6 Å². The Morgan fingerprint density at radius 2 is 1.91 bits per heavy atom. The van der Waals surface area contributed by atoms with Gasteiger partial charge in [-0.2, -0.15) is 9.37 Å². The monoisotopic (exact) mass is 322 g/mol. The predicted octanol–water partition coefficient (Wildman–Crippen LogP) is 3.54. The van der Waals surface area contributed by atoms with Gasteiger partial charge in [-0.1, -0.05) is 30.3 Å². The molecule has 0 radical (unpaired) electrons. The molecule has 122 valence electrons. The maximum absolute atomic E-state index is 14.2. The quantitative estimate of drug-likeness (QED) is 0.874. The summed E-state index contributed by atoms with van der Waals surface area (Å²) in [6, 6.07) is 9.32. The Morgan fingerprint density at radius 3 is 2.57 bits per heavy atom. The summed E-state index contributed by atoms with van der Waals surface area (Å²) in [4.78, 5) is 3.31. The van der Waals surface area contributed by atoms with Crippen LogP contribution in [-0.2, 0) is 0 Å². The number of ether oxygens (including phenoxy) is 1. The summed E-state index contributed by atoms with van der Waals surface area (Å²) in [5.41, 5.74) is 0.425. The molecule has 1 fully saturated rings. The van der Waals surface area contributed by atoms with Gasteiger partial charge in [-0.05, 0) is 25.5 Å². The van der Waals surface area contributed by atoms with Gasteiger partial charge in [0.05, 0.1) is 0 Å². The first-order valence-corrected chi connectivity index (χ1v) is 7.51. The Morgan fingerprint density at radius 1 is 1.17 bits per heavy atom. The number of nitrogens with zero attached hydrogens (tertiary/aromatic N) is 1. The molecule has 6 heteroatoms. The van der Waals surface area contributed by atoms with Crippen molar-refractivity contribution in [3.63, 3.8) is 0 Å². The van der Waals surface area contributed by atoms with Crippen molar-refractivity contribution in [3.8, 4) is 5.88 Å². The summed E-state index contributed by atoms with van der Waals surface area (Å²) in [7, 11) is 0. The summed E-state index contributed by atoms with van der Waals surface area (Å²) in [5, 5.41) is 3.23. The van der Waals surface area contributed by atoms with E-state index < -0.39 is 35.1 Å². The number of pyridine rings is 1. The van der Waals surface area contributed by atoms with Crippen LogP contribution in [0, 0.1) is 30.4 Å². The lowest BCUT2D eigenvalue weighted by atomic mass is 9.95. The molecule has 1 aliphatic rings. The van der Waals surface area contributed by atoms with Crippen molar-refractivity contribution in [1.82, 2.24) is 10.3 Å². The Balaban J connectivity index is 1.96. The van der Waals surface area contributed by atoms with E-state index in [1.54, 1.807) is 0 Å². The SMILES string of the molecule is Cc1c(F)c(F)nc(OC(c2ccccc2)[C@H]2CCNC2)c1F. The fourth-order valence-electron chi connectivity index (χ4n) is 2.81. The van der Waals surface area contributed by atoms with Crippen LogP contribution in [0.5, 0.6) is 5.88 Å². The van der Waals surface area contributed by atoms with Crippen LogP contribution in [-0.4, -0.2) is 18.1 Å². The lowest BCUT2D eigenvalue weighted by molar-refractivity contribution is 0.128. The molecule has 3 nitrogen and oxygen atoms in total. The average molecular weight is 322 g/mol. The van der Waals surface area contributed by atoms with Crippen LogP contribution in [0.15, 0.2) is 30.3 Å². The molecule has 1 N–H and O–H groups in total. The molecule has 0 saturated carbocycles. The Bertz CT molecular complexity index is 688. The number of hydrogen-bond acceptors (Lipinski definition) is 3. The Hall–Kier alpha value is -2.08. The summed E-state index contributed by atoms with van der Waals surface area (Å²) in [5.74, 6) is -3.99. The highest BCUT2D eigenvalue weighted by Crippen LogP contribution is 2.33. The number of halogens is 3. The van der Waals surface area contributed by atoms with Gasteiger partial charge in [-0.3, -0.25) is 0 Å². The van der Waals surface area contributed by atoms with Crippen molar-refractivity contribution in [2.45, 2.75) is 19.4 Å². The van der Waals surface area contributed by atoms with Crippen LogP contribution in [0.4, 0.5) is 13.2 Å². The van der Waals surface area contributed by atoms with Gasteiger partial charge < -0.3 is 10.1 Å². The van der Waals surface area contributed by atoms with E-state index in [0.29, 0.717) is 6.54 Å². The first-order valence-electron chi connectivity index (χ1n) is 7.51. The average Bonchev–Trinajstić information content (AvgIpc) is 3.10. The van der Waals surface area contributed by atoms with Crippen LogP contribution in [0.3, 0.4) is 0 Å². The zero-order valence-corrected chi connectivity index (χ0v) is 12.7. The summed E-state index contributed by atoms with van der Waals surface area (Å²) in [6.07, 6.45) is 0.376. The molecule has 23 heavy (non-hydrogen) atoms. The van der Waals surface area contributed by atoms with Crippen LogP contribution < -0.4 is 10.1 Å². The second kappa shape index (κ2) is 6.58. The number of rotatable bonds is 4. The molecule has 0 aliphatic carbocycles. The first kappa shape index (κ1) is 15.8. The van der Waals surface area contributed by atoms with Gasteiger partial charge >= 0.3 is 0 Å². The van der Waals surface area contributed by atoms with Crippen molar-refractivity contribution < 1.29 is 17.9 Å². The van der Waals surface area contributed by atoms with Gasteiger partial charge in [-0.25, -0.2) is 8.78 Å². The minimum Gasteiger partial charge on any atom is -0.467 e. The van der Waals surface area contributed by atoms with E-state index in [0.717, 1.165) is 25.5 Å². The third-order valence-corrected chi connectivity index (χ3v) is 4.12. The third-order valence-electron chi connectivity index (χ3n) is 4.12. The fourth-order valence-corrected chi connectivity index (χ4v) is 2.81. The number of aromatic nitrogens is 1. The molecule has 1 unspecified atom stereocenters. The van der Waals surface area contributed by atoms with Gasteiger partial charge in [0.25, 0.3) is 11.8 Å². The Labute approximate surface area is 132 Å². The molecular formula is C17H17F3N2O. The highest BCUT2D eigenvalue weighted by atomic mass is 19.2. The van der Waals surface area contributed by atoms with E-state index in [1.165, 1.54) is 0 Å². The van der Waals surface area contributed by atoms with Crippen LogP contribution in [0.2, 0.25) is 0 Å². The van der Waals surface area contributed by atoms with Gasteiger partial charge in [0, 0.05) is 18.0 Å². The normalized spacial score (nSPS) is 18.9. The second-order valence-electron chi connectivity index (χ2n) is 5.66. The van der Waals surface area contributed by atoms with Crippen molar-refractivity contribution in [2.24, 2.45) is 5.92 Å². The molecule has 2 atom stereocenters. The zero-order valence-electron chi connectivity index (χ0n) is 12.7. The molecule has 3 rings (SSSR count). The lowest BCUT2D eigenvalue weighted by Gasteiger charge is -2.24. The minimum absolute atomic E-state index is 0.104. The van der Waals surface area contributed by atoms with Crippen molar-refractivity contribution >= 4 is 0 Å². The zero-order chi connectivity index (χ0) is 16.4. The second-order valence-corrected chi connectivity index (χ2v) is 5.66. The number of nitrogens with one attached hydrogen (secondary N) is 1. The lowest BCUT2D eigenvalue weighted by Crippen LogP contribution is -2.22. The maximum Gasteiger partial charge on any atom is 0.254 e. The van der Waals surface area contributed by atoms with Crippen molar-refractivity contribution in [3.05, 3.63) is 59.0 Å². The first-order chi connectivity index (χ1) is 11.1.